The first kappa shape index (κ1) is 13.5. The monoisotopic (exact) mass is 294 g/mol. The highest BCUT2D eigenvalue weighted by atomic mass is 32.1. The summed E-state index contributed by atoms with van der Waals surface area (Å²) in [7, 11) is 0. The topological polar surface area (TPSA) is 33.2 Å². The molecule has 104 valence electrons. The zero-order valence-corrected chi connectivity index (χ0v) is 12.4. The first-order chi connectivity index (χ1) is 10.3. The number of hydrogen-bond acceptors (Lipinski definition) is 3. The lowest BCUT2D eigenvalue weighted by molar-refractivity contribution is 0.0999. The zero-order valence-electron chi connectivity index (χ0n) is 11.6. The number of anilines is 2. The number of para-hydroxylation sites is 1. The van der Waals surface area contributed by atoms with E-state index in [1.165, 1.54) is 11.3 Å². The number of nitrogens with zero attached hydrogens (tertiary/aromatic N) is 2. The van der Waals surface area contributed by atoms with E-state index in [9.17, 15) is 4.79 Å². The summed E-state index contributed by atoms with van der Waals surface area (Å²) in [4.78, 5) is 19.0. The van der Waals surface area contributed by atoms with Crippen LogP contribution in [0.5, 0.6) is 0 Å². The van der Waals surface area contributed by atoms with Gasteiger partial charge in [-0.15, -0.1) is 11.3 Å². The van der Waals surface area contributed by atoms with Gasteiger partial charge in [-0.25, -0.2) is 4.98 Å². The Balaban J connectivity index is 2.07. The third-order valence-corrected chi connectivity index (χ3v) is 3.98. The van der Waals surface area contributed by atoms with Gasteiger partial charge in [-0.2, -0.15) is 0 Å². The van der Waals surface area contributed by atoms with E-state index in [1.54, 1.807) is 4.90 Å². The summed E-state index contributed by atoms with van der Waals surface area (Å²) < 4.78 is 0. The predicted molar refractivity (Wildman–Crippen MR) is 86.2 cm³/mol. The maximum atomic E-state index is 12.8. The van der Waals surface area contributed by atoms with Crippen LogP contribution in [0.15, 0.2) is 66.0 Å². The molecule has 1 heterocycles. The molecule has 0 aliphatic heterocycles. The van der Waals surface area contributed by atoms with E-state index < -0.39 is 0 Å². The fourth-order valence-corrected chi connectivity index (χ4v) is 2.86. The minimum absolute atomic E-state index is 0.0730. The SMILES string of the molecule is Cc1csc(N(C(=O)c2ccccc2)c2ccccc2)n1. The van der Waals surface area contributed by atoms with Crippen LogP contribution in [0.4, 0.5) is 10.8 Å². The number of carbonyl (C=O) groups excluding carboxylic acids is 1. The zero-order chi connectivity index (χ0) is 14.7. The molecular weight excluding hydrogens is 280 g/mol. The Morgan fingerprint density at radius 3 is 2.19 bits per heavy atom. The van der Waals surface area contributed by atoms with Crippen LogP contribution in [0.1, 0.15) is 16.1 Å². The summed E-state index contributed by atoms with van der Waals surface area (Å²) in [5, 5.41) is 2.64. The Kier molecular flexibility index (Phi) is 3.79. The third kappa shape index (κ3) is 2.85. The van der Waals surface area contributed by atoms with Crippen LogP contribution in [0.3, 0.4) is 0 Å². The highest BCUT2D eigenvalue weighted by molar-refractivity contribution is 7.14. The average molecular weight is 294 g/mol. The maximum Gasteiger partial charge on any atom is 0.264 e. The normalized spacial score (nSPS) is 10.3. The lowest BCUT2D eigenvalue weighted by Gasteiger charge is -2.20. The van der Waals surface area contributed by atoms with Gasteiger partial charge in [0.05, 0.1) is 11.4 Å². The van der Waals surface area contributed by atoms with E-state index >= 15 is 0 Å². The van der Waals surface area contributed by atoms with E-state index in [0.717, 1.165) is 11.4 Å². The van der Waals surface area contributed by atoms with Crippen molar-refractivity contribution in [2.24, 2.45) is 0 Å². The summed E-state index contributed by atoms with van der Waals surface area (Å²) in [6.07, 6.45) is 0. The molecule has 3 nitrogen and oxygen atoms in total. The third-order valence-electron chi connectivity index (χ3n) is 3.04. The maximum absolute atomic E-state index is 12.8. The predicted octanol–water partition coefficient (Wildman–Crippen LogP) is 4.43. The minimum atomic E-state index is -0.0730. The van der Waals surface area contributed by atoms with Crippen LogP contribution in [-0.4, -0.2) is 10.9 Å². The van der Waals surface area contributed by atoms with Crippen LogP contribution in [0.25, 0.3) is 0 Å². The Hall–Kier alpha value is -2.46. The van der Waals surface area contributed by atoms with E-state index in [-0.39, 0.29) is 5.91 Å². The summed E-state index contributed by atoms with van der Waals surface area (Å²) in [6.45, 7) is 1.93. The first-order valence-corrected chi connectivity index (χ1v) is 7.50. The molecule has 1 amide bonds. The molecule has 0 fully saturated rings. The molecule has 0 unspecified atom stereocenters. The lowest BCUT2D eigenvalue weighted by Crippen LogP contribution is -2.25. The quantitative estimate of drug-likeness (QED) is 0.716. The molecule has 0 aliphatic rings. The van der Waals surface area contributed by atoms with E-state index in [1.807, 2.05) is 73.0 Å². The average Bonchev–Trinajstić information content (AvgIpc) is 2.95. The largest absolute Gasteiger partial charge is 0.268 e. The highest BCUT2D eigenvalue weighted by Gasteiger charge is 2.21. The van der Waals surface area contributed by atoms with Crippen molar-refractivity contribution in [1.82, 2.24) is 4.98 Å². The first-order valence-electron chi connectivity index (χ1n) is 6.62. The molecule has 0 bridgehead atoms. The number of aromatic nitrogens is 1. The number of aryl methyl sites for hydroxylation is 1. The number of carbonyl (C=O) groups is 1. The highest BCUT2D eigenvalue weighted by Crippen LogP contribution is 2.30. The van der Waals surface area contributed by atoms with E-state index in [4.69, 9.17) is 0 Å². The van der Waals surface area contributed by atoms with Gasteiger partial charge in [0.15, 0.2) is 5.13 Å². The molecule has 4 heteroatoms. The Morgan fingerprint density at radius 2 is 1.62 bits per heavy atom. The molecule has 1 aromatic heterocycles. The van der Waals surface area contributed by atoms with E-state index in [0.29, 0.717) is 10.7 Å². The van der Waals surface area contributed by atoms with Crippen molar-refractivity contribution in [3.05, 3.63) is 77.3 Å². The van der Waals surface area contributed by atoms with Gasteiger partial charge in [0.25, 0.3) is 5.91 Å². The molecule has 3 aromatic rings. The van der Waals surface area contributed by atoms with Crippen LogP contribution in [0, 0.1) is 6.92 Å². The standard InChI is InChI=1S/C17H14N2OS/c1-13-12-21-17(18-13)19(15-10-6-3-7-11-15)16(20)14-8-4-2-5-9-14/h2-12H,1H3. The molecule has 3 rings (SSSR count). The van der Waals surface area contributed by atoms with Crippen LogP contribution in [0.2, 0.25) is 0 Å². The second kappa shape index (κ2) is 5.89. The molecular formula is C17H14N2OS. The van der Waals surface area contributed by atoms with Crippen molar-refractivity contribution in [2.45, 2.75) is 6.92 Å². The lowest BCUT2D eigenvalue weighted by atomic mass is 10.2. The van der Waals surface area contributed by atoms with Gasteiger partial charge < -0.3 is 0 Å². The summed E-state index contributed by atoms with van der Waals surface area (Å²) in [5.41, 5.74) is 2.38. The summed E-state index contributed by atoms with van der Waals surface area (Å²) >= 11 is 1.47. The van der Waals surface area contributed by atoms with Gasteiger partial charge in [0.2, 0.25) is 0 Å². The Labute approximate surface area is 127 Å². The number of rotatable bonds is 3. The molecule has 0 radical (unpaired) electrons. The van der Waals surface area contributed by atoms with Crippen molar-refractivity contribution in [3.63, 3.8) is 0 Å². The van der Waals surface area contributed by atoms with Crippen LogP contribution in [-0.2, 0) is 0 Å². The van der Waals surface area contributed by atoms with Crippen LogP contribution < -0.4 is 4.90 Å². The second-order valence-electron chi connectivity index (χ2n) is 4.61. The molecule has 0 N–H and O–H groups in total. The van der Waals surface area contributed by atoms with Crippen molar-refractivity contribution >= 4 is 28.1 Å². The number of amides is 1. The molecule has 0 spiro atoms. The molecule has 0 atom stereocenters. The number of hydrogen-bond donors (Lipinski definition) is 0. The molecule has 21 heavy (non-hydrogen) atoms. The minimum Gasteiger partial charge on any atom is -0.268 e. The van der Waals surface area contributed by atoms with Crippen molar-refractivity contribution in [2.75, 3.05) is 4.90 Å². The van der Waals surface area contributed by atoms with Crippen molar-refractivity contribution in [1.29, 1.82) is 0 Å². The Morgan fingerprint density at radius 1 is 1.00 bits per heavy atom. The van der Waals surface area contributed by atoms with Gasteiger partial charge in [-0.3, -0.25) is 9.69 Å². The summed E-state index contributed by atoms with van der Waals surface area (Å²) in [5.74, 6) is -0.0730. The fraction of sp³-hybridized carbons (Fsp3) is 0.0588. The number of benzene rings is 2. The van der Waals surface area contributed by atoms with Crippen molar-refractivity contribution in [3.8, 4) is 0 Å². The fourth-order valence-electron chi connectivity index (χ4n) is 2.05. The molecule has 0 saturated heterocycles. The van der Waals surface area contributed by atoms with Gasteiger partial charge in [-0.1, -0.05) is 36.4 Å². The van der Waals surface area contributed by atoms with Crippen LogP contribution >= 0.6 is 11.3 Å². The molecule has 0 aliphatic carbocycles. The van der Waals surface area contributed by atoms with Crippen molar-refractivity contribution < 1.29 is 4.79 Å². The molecule has 0 saturated carbocycles. The van der Waals surface area contributed by atoms with Gasteiger partial charge in [0.1, 0.15) is 0 Å². The second-order valence-corrected chi connectivity index (χ2v) is 5.45. The van der Waals surface area contributed by atoms with E-state index in [2.05, 4.69) is 4.98 Å². The Bertz CT molecular complexity index is 738. The number of thiazole rings is 1. The van der Waals surface area contributed by atoms with Gasteiger partial charge in [0, 0.05) is 10.9 Å². The summed E-state index contributed by atoms with van der Waals surface area (Å²) in [6, 6.07) is 18.9. The van der Waals surface area contributed by atoms with Gasteiger partial charge in [-0.05, 0) is 31.2 Å². The van der Waals surface area contributed by atoms with Gasteiger partial charge >= 0.3 is 0 Å². The smallest absolute Gasteiger partial charge is 0.264 e. The molecule has 2 aromatic carbocycles.